The Hall–Kier alpha value is -0.830. The Morgan fingerprint density at radius 1 is 1.36 bits per heavy atom. The van der Waals surface area contributed by atoms with Crippen LogP contribution in [0.4, 0.5) is 5.69 Å². The topological polar surface area (TPSA) is 21.3 Å². The number of hydrogen-bond acceptors (Lipinski definition) is 3. The molecule has 1 rings (SSSR count). The van der Waals surface area contributed by atoms with E-state index in [4.69, 9.17) is 4.74 Å². The monoisotopic (exact) mass is 211 g/mol. The third-order valence-corrected chi connectivity index (χ3v) is 2.27. The van der Waals surface area contributed by atoms with Crippen LogP contribution >= 0.6 is 12.6 Å². The molecule has 0 saturated heterocycles. The number of aryl methyl sites for hydroxylation is 2. The molecule has 1 aromatic rings. The smallest absolute Gasteiger partial charge is 0.144 e. The maximum atomic E-state index is 5.34. The molecule has 0 bridgehead atoms. The lowest BCUT2D eigenvalue weighted by molar-refractivity contribution is 0.413. The minimum absolute atomic E-state index is 0.816. The highest BCUT2D eigenvalue weighted by molar-refractivity contribution is 7.80. The van der Waals surface area contributed by atoms with E-state index in [9.17, 15) is 0 Å². The van der Waals surface area contributed by atoms with E-state index in [0.717, 1.165) is 29.3 Å². The molecule has 2 nitrogen and oxygen atoms in total. The zero-order valence-electron chi connectivity index (χ0n) is 8.92. The van der Waals surface area contributed by atoms with Crippen LogP contribution in [0.3, 0.4) is 0 Å². The van der Waals surface area contributed by atoms with Crippen LogP contribution in [0.2, 0.25) is 0 Å². The number of rotatable bonds is 4. The van der Waals surface area contributed by atoms with Gasteiger partial charge in [-0.05, 0) is 31.0 Å². The van der Waals surface area contributed by atoms with Crippen LogP contribution in [-0.4, -0.2) is 19.4 Å². The molecule has 0 saturated carbocycles. The van der Waals surface area contributed by atoms with Gasteiger partial charge in [0.15, 0.2) is 0 Å². The number of nitrogens with one attached hydrogen (secondary N) is 1. The highest BCUT2D eigenvalue weighted by atomic mass is 32.1. The number of ether oxygens (including phenoxy) is 1. The largest absolute Gasteiger partial charge is 0.494 e. The molecular formula is C11H17NOS. The lowest BCUT2D eigenvalue weighted by Gasteiger charge is -2.13. The van der Waals surface area contributed by atoms with Gasteiger partial charge in [0, 0.05) is 12.3 Å². The Kier molecular flexibility index (Phi) is 4.14. The third kappa shape index (κ3) is 2.58. The number of methoxy groups -OCH3 is 1. The maximum absolute atomic E-state index is 5.34. The average Bonchev–Trinajstić information content (AvgIpc) is 2.14. The Bertz CT molecular complexity index is 312. The van der Waals surface area contributed by atoms with E-state index in [1.54, 1.807) is 7.11 Å². The van der Waals surface area contributed by atoms with Gasteiger partial charge in [-0.2, -0.15) is 12.6 Å². The molecule has 0 fully saturated rings. The number of hydrogen-bond donors (Lipinski definition) is 2. The van der Waals surface area contributed by atoms with Crippen molar-refractivity contribution in [2.75, 3.05) is 24.7 Å². The molecule has 1 N–H and O–H groups in total. The molecule has 3 heteroatoms. The first-order chi connectivity index (χ1) is 6.69. The van der Waals surface area contributed by atoms with Gasteiger partial charge in [0.05, 0.1) is 12.8 Å². The van der Waals surface area contributed by atoms with Gasteiger partial charge in [-0.1, -0.05) is 6.07 Å². The molecule has 0 aromatic heterocycles. The van der Waals surface area contributed by atoms with Crippen molar-refractivity contribution in [3.8, 4) is 5.75 Å². The predicted octanol–water partition coefficient (Wildman–Crippen LogP) is 2.65. The normalized spacial score (nSPS) is 10.0. The molecule has 0 aliphatic rings. The molecule has 0 amide bonds. The summed E-state index contributed by atoms with van der Waals surface area (Å²) in [5.41, 5.74) is 3.46. The number of benzene rings is 1. The summed E-state index contributed by atoms with van der Waals surface area (Å²) in [5, 5.41) is 3.29. The van der Waals surface area contributed by atoms with Crippen molar-refractivity contribution in [1.29, 1.82) is 0 Å². The van der Waals surface area contributed by atoms with Crippen LogP contribution < -0.4 is 10.1 Å². The van der Waals surface area contributed by atoms with Gasteiger partial charge in [-0.3, -0.25) is 0 Å². The zero-order valence-corrected chi connectivity index (χ0v) is 9.82. The van der Waals surface area contributed by atoms with Crippen molar-refractivity contribution in [2.24, 2.45) is 0 Å². The fraction of sp³-hybridized carbons (Fsp3) is 0.455. The van der Waals surface area contributed by atoms with Gasteiger partial charge < -0.3 is 10.1 Å². The SMILES string of the molecule is COc1c(C)cc(C)cc1NCCS. The molecule has 78 valence electrons. The summed E-state index contributed by atoms with van der Waals surface area (Å²) in [6.45, 7) is 4.98. The van der Waals surface area contributed by atoms with Gasteiger partial charge in [-0.15, -0.1) is 0 Å². The van der Waals surface area contributed by atoms with Crippen LogP contribution in [0.5, 0.6) is 5.75 Å². The van der Waals surface area contributed by atoms with E-state index in [2.05, 4.69) is 43.9 Å². The third-order valence-electron chi connectivity index (χ3n) is 2.05. The molecule has 0 unspecified atom stereocenters. The van der Waals surface area contributed by atoms with Gasteiger partial charge in [0.25, 0.3) is 0 Å². The highest BCUT2D eigenvalue weighted by Gasteiger charge is 2.06. The molecule has 0 spiro atoms. The van der Waals surface area contributed by atoms with Crippen molar-refractivity contribution < 1.29 is 4.74 Å². The summed E-state index contributed by atoms with van der Waals surface area (Å²) in [7, 11) is 1.70. The lowest BCUT2D eigenvalue weighted by Crippen LogP contribution is -2.05. The van der Waals surface area contributed by atoms with Crippen LogP contribution in [0.1, 0.15) is 11.1 Å². The molecule has 0 aliphatic carbocycles. The van der Waals surface area contributed by atoms with Gasteiger partial charge >= 0.3 is 0 Å². The summed E-state index contributed by atoms with van der Waals surface area (Å²) >= 11 is 4.16. The second kappa shape index (κ2) is 5.15. The van der Waals surface area contributed by atoms with Crippen LogP contribution in [0, 0.1) is 13.8 Å². The van der Waals surface area contributed by atoms with Crippen LogP contribution in [0.15, 0.2) is 12.1 Å². The van der Waals surface area contributed by atoms with E-state index in [0.29, 0.717) is 0 Å². The maximum Gasteiger partial charge on any atom is 0.144 e. The first-order valence-electron chi connectivity index (χ1n) is 4.69. The van der Waals surface area contributed by atoms with E-state index >= 15 is 0 Å². The van der Waals surface area contributed by atoms with E-state index in [1.165, 1.54) is 5.56 Å². The minimum atomic E-state index is 0.816. The summed E-state index contributed by atoms with van der Waals surface area (Å²) < 4.78 is 5.34. The zero-order chi connectivity index (χ0) is 10.6. The molecule has 14 heavy (non-hydrogen) atoms. The summed E-state index contributed by atoms with van der Waals surface area (Å²) in [5.74, 6) is 1.74. The molecule has 0 heterocycles. The Balaban J connectivity index is 2.99. The van der Waals surface area contributed by atoms with Crippen LogP contribution in [0.25, 0.3) is 0 Å². The summed E-state index contributed by atoms with van der Waals surface area (Å²) in [4.78, 5) is 0. The van der Waals surface area contributed by atoms with Crippen molar-refractivity contribution in [2.45, 2.75) is 13.8 Å². The molecular weight excluding hydrogens is 194 g/mol. The Morgan fingerprint density at radius 3 is 2.64 bits per heavy atom. The van der Waals surface area contributed by atoms with Gasteiger partial charge in [0.1, 0.15) is 5.75 Å². The molecule has 0 aliphatic heterocycles. The van der Waals surface area contributed by atoms with E-state index in [-0.39, 0.29) is 0 Å². The first kappa shape index (κ1) is 11.2. The van der Waals surface area contributed by atoms with E-state index in [1.807, 2.05) is 0 Å². The van der Waals surface area contributed by atoms with Gasteiger partial charge in [-0.25, -0.2) is 0 Å². The average molecular weight is 211 g/mol. The fourth-order valence-corrected chi connectivity index (χ4v) is 1.66. The standard InChI is InChI=1S/C11H17NOS/c1-8-6-9(2)11(13-3)10(7-8)12-4-5-14/h6-7,12,14H,4-5H2,1-3H3. The molecule has 1 aromatic carbocycles. The van der Waals surface area contributed by atoms with Crippen molar-refractivity contribution in [3.63, 3.8) is 0 Å². The summed E-state index contributed by atoms with van der Waals surface area (Å²) in [6, 6.07) is 4.21. The highest BCUT2D eigenvalue weighted by Crippen LogP contribution is 2.29. The fourth-order valence-electron chi connectivity index (χ4n) is 1.55. The number of thiol groups is 1. The quantitative estimate of drug-likeness (QED) is 0.747. The van der Waals surface area contributed by atoms with Crippen molar-refractivity contribution in [1.82, 2.24) is 0 Å². The Labute approximate surface area is 91.1 Å². The van der Waals surface area contributed by atoms with Gasteiger partial charge in [0.2, 0.25) is 0 Å². The molecule has 0 radical (unpaired) electrons. The van der Waals surface area contributed by atoms with E-state index < -0.39 is 0 Å². The second-order valence-electron chi connectivity index (χ2n) is 3.31. The van der Waals surface area contributed by atoms with Crippen molar-refractivity contribution >= 4 is 18.3 Å². The molecule has 0 atom stereocenters. The second-order valence-corrected chi connectivity index (χ2v) is 3.76. The van der Waals surface area contributed by atoms with Crippen molar-refractivity contribution in [3.05, 3.63) is 23.3 Å². The van der Waals surface area contributed by atoms with Crippen LogP contribution in [-0.2, 0) is 0 Å². The summed E-state index contributed by atoms with van der Waals surface area (Å²) in [6.07, 6.45) is 0. The predicted molar refractivity (Wildman–Crippen MR) is 64.8 cm³/mol. The minimum Gasteiger partial charge on any atom is -0.494 e. The number of anilines is 1. The Morgan fingerprint density at radius 2 is 2.07 bits per heavy atom. The first-order valence-corrected chi connectivity index (χ1v) is 5.32. The lowest BCUT2D eigenvalue weighted by atomic mass is 10.1.